The predicted octanol–water partition coefficient (Wildman–Crippen LogP) is 5.52. The summed E-state index contributed by atoms with van der Waals surface area (Å²) in [5, 5.41) is 1.07. The molecule has 0 spiro atoms. The van der Waals surface area contributed by atoms with E-state index < -0.39 is 0 Å². The molecule has 0 aromatic heterocycles. The Morgan fingerprint density at radius 3 is 2.81 bits per heavy atom. The molecule has 0 radical (unpaired) electrons. The average molecular weight is 389 g/mol. The van der Waals surface area contributed by atoms with Crippen molar-refractivity contribution in [1.29, 1.82) is 0 Å². The molecule has 1 aromatic rings. The monoisotopic (exact) mass is 387 g/mol. The molecule has 1 aliphatic heterocycles. The summed E-state index contributed by atoms with van der Waals surface area (Å²) in [5.74, 6) is 0.192. The summed E-state index contributed by atoms with van der Waals surface area (Å²) in [7, 11) is 0. The number of carbonyl (C=O) groups excluding carboxylic acids is 1. The van der Waals surface area contributed by atoms with Crippen molar-refractivity contribution >= 4 is 45.0 Å². The SMILES string of the molecule is CC12CCCC(Br)=C1N(Cc1ccc(Cl)c(Cl)c1)C(=O)C2. The van der Waals surface area contributed by atoms with Crippen molar-refractivity contribution in [1.82, 2.24) is 4.90 Å². The molecule has 1 aromatic carbocycles. The van der Waals surface area contributed by atoms with Crippen LogP contribution in [-0.4, -0.2) is 10.8 Å². The first kappa shape index (κ1) is 15.4. The van der Waals surface area contributed by atoms with E-state index >= 15 is 0 Å². The number of halogens is 3. The number of amides is 1. The maximum Gasteiger partial charge on any atom is 0.228 e. The minimum absolute atomic E-state index is 0.0234. The van der Waals surface area contributed by atoms with E-state index in [1.54, 1.807) is 6.07 Å². The lowest BCUT2D eigenvalue weighted by Gasteiger charge is -2.33. The lowest BCUT2D eigenvalue weighted by molar-refractivity contribution is -0.127. The normalized spacial score (nSPS) is 25.5. The number of carbonyl (C=O) groups is 1. The second-order valence-electron chi connectivity index (χ2n) is 6.07. The van der Waals surface area contributed by atoms with Crippen LogP contribution in [-0.2, 0) is 11.3 Å². The Balaban J connectivity index is 1.94. The molecule has 1 amide bonds. The van der Waals surface area contributed by atoms with Gasteiger partial charge >= 0.3 is 0 Å². The molecule has 1 atom stereocenters. The first-order valence-electron chi connectivity index (χ1n) is 7.04. The van der Waals surface area contributed by atoms with Crippen LogP contribution in [0, 0.1) is 5.41 Å². The molecule has 0 N–H and O–H groups in total. The molecule has 3 rings (SSSR count). The van der Waals surface area contributed by atoms with Gasteiger partial charge in [-0.15, -0.1) is 0 Å². The van der Waals surface area contributed by atoms with Crippen molar-refractivity contribution in [2.75, 3.05) is 0 Å². The fourth-order valence-electron chi connectivity index (χ4n) is 3.38. The van der Waals surface area contributed by atoms with Crippen LogP contribution in [0.15, 0.2) is 28.4 Å². The van der Waals surface area contributed by atoms with Crippen LogP contribution >= 0.6 is 39.1 Å². The van der Waals surface area contributed by atoms with E-state index in [-0.39, 0.29) is 11.3 Å². The van der Waals surface area contributed by atoms with Gasteiger partial charge in [0.1, 0.15) is 0 Å². The Kier molecular flexibility index (Phi) is 4.10. The van der Waals surface area contributed by atoms with Crippen molar-refractivity contribution in [2.24, 2.45) is 5.41 Å². The van der Waals surface area contributed by atoms with E-state index in [1.807, 2.05) is 17.0 Å². The van der Waals surface area contributed by atoms with Crippen LogP contribution in [0.5, 0.6) is 0 Å². The Morgan fingerprint density at radius 1 is 1.33 bits per heavy atom. The largest absolute Gasteiger partial charge is 0.310 e. The highest BCUT2D eigenvalue weighted by molar-refractivity contribution is 9.11. The maximum atomic E-state index is 12.5. The lowest BCUT2D eigenvalue weighted by atomic mass is 9.77. The Morgan fingerprint density at radius 2 is 2.10 bits per heavy atom. The van der Waals surface area contributed by atoms with Crippen LogP contribution in [0.4, 0.5) is 0 Å². The number of hydrogen-bond acceptors (Lipinski definition) is 1. The van der Waals surface area contributed by atoms with Gasteiger partial charge in [-0.3, -0.25) is 4.79 Å². The number of fused-ring (bicyclic) bond motifs is 1. The molecule has 1 heterocycles. The molecule has 1 fully saturated rings. The summed E-state index contributed by atoms with van der Waals surface area (Å²) < 4.78 is 1.17. The predicted molar refractivity (Wildman–Crippen MR) is 89.5 cm³/mol. The van der Waals surface area contributed by atoms with Gasteiger partial charge in [-0.25, -0.2) is 0 Å². The zero-order valence-corrected chi connectivity index (χ0v) is 14.9. The highest BCUT2D eigenvalue weighted by atomic mass is 79.9. The minimum Gasteiger partial charge on any atom is -0.310 e. The number of allylic oxidation sites excluding steroid dienone is 2. The minimum atomic E-state index is -0.0234. The van der Waals surface area contributed by atoms with Crippen molar-refractivity contribution in [2.45, 2.75) is 39.2 Å². The van der Waals surface area contributed by atoms with E-state index in [9.17, 15) is 4.79 Å². The molecular weight excluding hydrogens is 373 g/mol. The van der Waals surface area contributed by atoms with E-state index in [0.717, 1.165) is 30.5 Å². The topological polar surface area (TPSA) is 20.3 Å². The standard InChI is InChI=1S/C16H16BrCl2NO/c1-16-6-2-3-11(17)15(16)20(14(21)8-16)9-10-4-5-12(18)13(19)7-10/h4-5,7H,2-3,6,8-9H2,1H3. The molecule has 2 nitrogen and oxygen atoms in total. The smallest absolute Gasteiger partial charge is 0.228 e. The molecule has 112 valence electrons. The Labute approximate surface area is 143 Å². The summed E-state index contributed by atoms with van der Waals surface area (Å²) in [6.07, 6.45) is 3.81. The molecule has 1 unspecified atom stereocenters. The van der Waals surface area contributed by atoms with Gasteiger partial charge in [-0.05, 0) is 37.0 Å². The third kappa shape index (κ3) is 2.76. The first-order valence-corrected chi connectivity index (χ1v) is 8.59. The fourth-order valence-corrected chi connectivity index (χ4v) is 4.68. The Bertz CT molecular complexity index is 643. The Hall–Kier alpha value is -0.510. The van der Waals surface area contributed by atoms with E-state index in [4.69, 9.17) is 23.2 Å². The zero-order chi connectivity index (χ0) is 15.2. The highest BCUT2D eigenvalue weighted by Gasteiger charge is 2.46. The number of hydrogen-bond donors (Lipinski definition) is 0. The van der Waals surface area contributed by atoms with E-state index in [2.05, 4.69) is 22.9 Å². The first-order chi connectivity index (χ1) is 9.90. The zero-order valence-electron chi connectivity index (χ0n) is 11.8. The van der Waals surface area contributed by atoms with Crippen LogP contribution in [0.3, 0.4) is 0 Å². The van der Waals surface area contributed by atoms with Crippen molar-refractivity contribution in [3.63, 3.8) is 0 Å². The summed E-state index contributed by atoms with van der Waals surface area (Å²) >= 11 is 15.7. The number of rotatable bonds is 2. The molecular formula is C16H16BrCl2NO. The summed E-state index contributed by atoms with van der Waals surface area (Å²) in [6, 6.07) is 5.54. The number of likely N-dealkylation sites (tertiary alicyclic amines) is 1. The summed E-state index contributed by atoms with van der Waals surface area (Å²) in [5.41, 5.74) is 2.13. The second kappa shape index (κ2) is 5.60. The van der Waals surface area contributed by atoms with Crippen LogP contribution in [0.25, 0.3) is 0 Å². The lowest BCUT2D eigenvalue weighted by Crippen LogP contribution is -2.27. The molecule has 0 saturated carbocycles. The van der Waals surface area contributed by atoms with Crippen LogP contribution in [0.1, 0.15) is 38.2 Å². The molecule has 5 heteroatoms. The van der Waals surface area contributed by atoms with Crippen LogP contribution in [0.2, 0.25) is 10.0 Å². The molecule has 1 saturated heterocycles. The highest BCUT2D eigenvalue weighted by Crippen LogP contribution is 2.51. The van der Waals surface area contributed by atoms with Gasteiger partial charge in [0.25, 0.3) is 0 Å². The van der Waals surface area contributed by atoms with Gasteiger partial charge in [0.15, 0.2) is 0 Å². The van der Waals surface area contributed by atoms with Gasteiger partial charge in [-0.1, -0.05) is 52.1 Å². The maximum absolute atomic E-state index is 12.5. The van der Waals surface area contributed by atoms with Crippen molar-refractivity contribution in [3.05, 3.63) is 44.0 Å². The van der Waals surface area contributed by atoms with Crippen molar-refractivity contribution in [3.8, 4) is 0 Å². The third-order valence-corrected chi connectivity index (χ3v) is 5.90. The average Bonchev–Trinajstić information content (AvgIpc) is 2.66. The van der Waals surface area contributed by atoms with Gasteiger partial charge in [-0.2, -0.15) is 0 Å². The molecule has 21 heavy (non-hydrogen) atoms. The fraction of sp³-hybridized carbons (Fsp3) is 0.438. The van der Waals surface area contributed by atoms with Gasteiger partial charge < -0.3 is 4.90 Å². The second-order valence-corrected chi connectivity index (χ2v) is 7.84. The number of nitrogens with zero attached hydrogens (tertiary/aromatic N) is 1. The molecule has 0 bridgehead atoms. The summed E-state index contributed by atoms with van der Waals surface area (Å²) in [4.78, 5) is 14.4. The number of benzene rings is 1. The van der Waals surface area contributed by atoms with Gasteiger partial charge in [0.05, 0.1) is 16.6 Å². The molecule has 2 aliphatic rings. The van der Waals surface area contributed by atoms with Crippen molar-refractivity contribution < 1.29 is 4.79 Å². The van der Waals surface area contributed by atoms with Gasteiger partial charge in [0.2, 0.25) is 5.91 Å². The van der Waals surface area contributed by atoms with Crippen LogP contribution < -0.4 is 0 Å². The van der Waals surface area contributed by atoms with Gasteiger partial charge in [0, 0.05) is 22.0 Å². The summed E-state index contributed by atoms with van der Waals surface area (Å²) in [6.45, 7) is 2.74. The quantitative estimate of drug-likeness (QED) is 0.652. The third-order valence-electron chi connectivity index (χ3n) is 4.39. The van der Waals surface area contributed by atoms with E-state index in [0.29, 0.717) is 23.0 Å². The van der Waals surface area contributed by atoms with E-state index in [1.165, 1.54) is 4.48 Å². The molecule has 1 aliphatic carbocycles.